The lowest BCUT2D eigenvalue weighted by Crippen LogP contribution is -2.65. The normalized spacial score (nSPS) is 35.3. The summed E-state index contributed by atoms with van der Waals surface area (Å²) in [5, 5.41) is 21.7. The largest absolute Gasteiger partial charge is 0.429 e. The summed E-state index contributed by atoms with van der Waals surface area (Å²) in [6, 6.07) is 0.923. The first kappa shape index (κ1) is 22.3. The summed E-state index contributed by atoms with van der Waals surface area (Å²) in [4.78, 5) is 4.47. The molecule has 1 aliphatic carbocycles. The average Bonchev–Trinajstić information content (AvgIpc) is 3.03. The first-order chi connectivity index (χ1) is 14.2. The van der Waals surface area contributed by atoms with Crippen LogP contribution in [0.1, 0.15) is 59.3 Å². The Kier molecular flexibility index (Phi) is 8.12. The van der Waals surface area contributed by atoms with Crippen molar-refractivity contribution in [3.8, 4) is 0 Å². The van der Waals surface area contributed by atoms with Crippen LogP contribution in [0.2, 0.25) is 0 Å². The number of aliphatic hydroxyl groups excluding tert-OH is 1. The van der Waals surface area contributed by atoms with Crippen molar-refractivity contribution in [3.05, 3.63) is 24.0 Å². The van der Waals surface area contributed by atoms with Crippen LogP contribution in [-0.4, -0.2) is 54.9 Å². The van der Waals surface area contributed by atoms with Gasteiger partial charge in [0.2, 0.25) is 0 Å². The fourth-order valence-corrected chi connectivity index (χ4v) is 4.93. The molecule has 29 heavy (non-hydrogen) atoms. The molecule has 4 atom stereocenters. The summed E-state index contributed by atoms with van der Waals surface area (Å²) >= 11 is 0. The number of nitrogens with zero attached hydrogens (tertiary/aromatic N) is 1. The van der Waals surface area contributed by atoms with Crippen LogP contribution in [0.5, 0.6) is 0 Å². The molecule has 3 heterocycles. The number of fused-ring (bicyclic) bond motifs is 3. The second kappa shape index (κ2) is 10.6. The molecule has 0 aromatic rings. The van der Waals surface area contributed by atoms with Gasteiger partial charge < -0.3 is 19.9 Å². The second-order valence-electron chi connectivity index (χ2n) is 8.08. The molecule has 0 amide bonds. The SMILES string of the molecule is C/C=C\C=C1/CN=C(NC2NC3CCCC(O)C(C3)C3(CCOCC3)N2)O1.CC. The molecule has 3 aliphatic heterocycles. The molecule has 164 valence electrons. The fraction of sp³-hybridized carbons (Fsp3) is 0.773. The quantitative estimate of drug-likeness (QED) is 0.563. The molecule has 1 saturated carbocycles. The summed E-state index contributed by atoms with van der Waals surface area (Å²) in [5.41, 5.74) is -0.121. The van der Waals surface area contributed by atoms with Crippen LogP contribution in [0, 0.1) is 5.92 Å². The number of nitrogens with one attached hydrogen (secondary N) is 3. The van der Waals surface area contributed by atoms with E-state index in [-0.39, 0.29) is 23.9 Å². The van der Waals surface area contributed by atoms with Gasteiger partial charge in [0, 0.05) is 30.7 Å². The van der Waals surface area contributed by atoms with Gasteiger partial charge in [-0.2, -0.15) is 0 Å². The molecule has 0 radical (unpaired) electrons. The van der Waals surface area contributed by atoms with Gasteiger partial charge >= 0.3 is 0 Å². The first-order valence-electron chi connectivity index (χ1n) is 11.3. The summed E-state index contributed by atoms with van der Waals surface area (Å²) in [6.07, 6.45) is 11.3. The molecule has 2 saturated heterocycles. The Morgan fingerprint density at radius 2 is 2.03 bits per heavy atom. The van der Waals surface area contributed by atoms with Gasteiger partial charge in [-0.15, -0.1) is 0 Å². The molecule has 3 fully saturated rings. The van der Waals surface area contributed by atoms with Crippen LogP contribution in [0.4, 0.5) is 0 Å². The Bertz CT molecular complexity index is 613. The van der Waals surface area contributed by atoms with Crippen LogP contribution in [0.15, 0.2) is 29.0 Å². The predicted octanol–water partition coefficient (Wildman–Crippen LogP) is 2.39. The minimum Gasteiger partial charge on any atom is -0.429 e. The highest BCUT2D eigenvalue weighted by atomic mass is 16.5. The van der Waals surface area contributed by atoms with Gasteiger partial charge in [0.15, 0.2) is 0 Å². The molecule has 4 rings (SSSR count). The topological polar surface area (TPSA) is 87.1 Å². The van der Waals surface area contributed by atoms with Gasteiger partial charge in [-0.3, -0.25) is 10.6 Å². The van der Waals surface area contributed by atoms with Crippen molar-refractivity contribution in [3.63, 3.8) is 0 Å². The average molecular weight is 407 g/mol. The molecule has 0 aromatic carbocycles. The monoisotopic (exact) mass is 406 g/mol. The molecule has 4 N–H and O–H groups in total. The third-order valence-corrected chi connectivity index (χ3v) is 6.33. The van der Waals surface area contributed by atoms with Gasteiger partial charge in [0.05, 0.1) is 6.10 Å². The van der Waals surface area contributed by atoms with E-state index in [2.05, 4.69) is 20.9 Å². The number of ether oxygens (including phenoxy) is 2. The highest BCUT2D eigenvalue weighted by molar-refractivity contribution is 5.77. The summed E-state index contributed by atoms with van der Waals surface area (Å²) in [5.74, 6) is 1.08. The Labute approximate surface area is 175 Å². The number of amidine groups is 1. The second-order valence-corrected chi connectivity index (χ2v) is 8.08. The van der Waals surface area contributed by atoms with Crippen LogP contribution < -0.4 is 16.0 Å². The summed E-state index contributed by atoms with van der Waals surface area (Å²) < 4.78 is 11.5. The lowest BCUT2D eigenvalue weighted by molar-refractivity contribution is -0.0330. The van der Waals surface area contributed by atoms with Crippen molar-refractivity contribution in [1.29, 1.82) is 0 Å². The van der Waals surface area contributed by atoms with Crippen molar-refractivity contribution < 1.29 is 14.6 Å². The smallest absolute Gasteiger partial charge is 0.292 e. The summed E-state index contributed by atoms with van der Waals surface area (Å²) in [6.45, 7) is 8.01. The number of rotatable bonds is 2. The van der Waals surface area contributed by atoms with Crippen molar-refractivity contribution in [2.24, 2.45) is 10.9 Å². The van der Waals surface area contributed by atoms with E-state index in [4.69, 9.17) is 9.47 Å². The number of aliphatic hydroxyl groups is 1. The Morgan fingerprint density at radius 1 is 1.24 bits per heavy atom. The molecule has 2 bridgehead atoms. The van der Waals surface area contributed by atoms with Crippen LogP contribution in [0.3, 0.4) is 0 Å². The third kappa shape index (κ3) is 5.40. The fourth-order valence-electron chi connectivity index (χ4n) is 4.93. The van der Waals surface area contributed by atoms with E-state index in [1.165, 1.54) is 0 Å². The molecular weight excluding hydrogens is 368 g/mol. The highest BCUT2D eigenvalue weighted by Crippen LogP contribution is 2.40. The third-order valence-electron chi connectivity index (χ3n) is 6.33. The Morgan fingerprint density at radius 3 is 2.79 bits per heavy atom. The van der Waals surface area contributed by atoms with Crippen LogP contribution in [-0.2, 0) is 9.47 Å². The van der Waals surface area contributed by atoms with Crippen molar-refractivity contribution >= 4 is 6.02 Å². The number of allylic oxidation sites excluding steroid dienone is 3. The van der Waals surface area contributed by atoms with Crippen LogP contribution >= 0.6 is 0 Å². The van der Waals surface area contributed by atoms with Crippen molar-refractivity contribution in [2.75, 3.05) is 19.8 Å². The molecule has 4 unspecified atom stereocenters. The minimum absolute atomic E-state index is 0.121. The molecule has 1 spiro atoms. The number of hydrogen-bond acceptors (Lipinski definition) is 7. The van der Waals surface area contributed by atoms with Crippen LogP contribution in [0.25, 0.3) is 0 Å². The Hall–Kier alpha value is -1.41. The van der Waals surface area contributed by atoms with E-state index in [0.29, 0.717) is 18.6 Å². The van der Waals surface area contributed by atoms with E-state index >= 15 is 0 Å². The minimum atomic E-state index is -0.253. The standard InChI is InChI=1S/C20H32N4O3.C2H6/c1-2-3-6-15-13-21-19(27-15)23-18-22-14-5-4-7-17(25)16(12-14)20(24-18)8-10-26-11-9-20;1-2/h2-3,6,14,16-18,22,24-25H,4-5,7-13H2,1H3,(H,21,23);1-2H3/b3-2-,15-6+;. The zero-order valence-corrected chi connectivity index (χ0v) is 18.1. The van der Waals surface area contributed by atoms with Gasteiger partial charge in [-0.25, -0.2) is 4.99 Å². The maximum Gasteiger partial charge on any atom is 0.292 e. The van der Waals surface area contributed by atoms with E-state index in [9.17, 15) is 5.11 Å². The molecule has 4 aliphatic rings. The van der Waals surface area contributed by atoms with Gasteiger partial charge in [-0.05, 0) is 51.5 Å². The van der Waals surface area contributed by atoms with E-state index in [0.717, 1.165) is 57.5 Å². The van der Waals surface area contributed by atoms with Gasteiger partial charge in [0.25, 0.3) is 6.02 Å². The van der Waals surface area contributed by atoms with Gasteiger partial charge in [0.1, 0.15) is 18.6 Å². The zero-order valence-electron chi connectivity index (χ0n) is 18.1. The van der Waals surface area contributed by atoms with E-state index in [1.807, 2.05) is 39.0 Å². The van der Waals surface area contributed by atoms with Gasteiger partial charge in [-0.1, -0.05) is 26.0 Å². The lowest BCUT2D eigenvalue weighted by atomic mass is 9.72. The zero-order chi connectivity index (χ0) is 20.7. The highest BCUT2D eigenvalue weighted by Gasteiger charge is 2.48. The Balaban J connectivity index is 0.00000117. The lowest BCUT2D eigenvalue weighted by Gasteiger charge is -2.46. The molecule has 7 nitrogen and oxygen atoms in total. The van der Waals surface area contributed by atoms with Crippen molar-refractivity contribution in [1.82, 2.24) is 16.0 Å². The first-order valence-corrected chi connectivity index (χ1v) is 11.3. The van der Waals surface area contributed by atoms with E-state index < -0.39 is 0 Å². The number of hydrogen-bond donors (Lipinski definition) is 4. The molecule has 0 aromatic heterocycles. The maximum atomic E-state index is 10.8. The van der Waals surface area contributed by atoms with E-state index in [1.54, 1.807) is 0 Å². The van der Waals surface area contributed by atoms with Crippen molar-refractivity contribution in [2.45, 2.75) is 83.3 Å². The summed E-state index contributed by atoms with van der Waals surface area (Å²) in [7, 11) is 0. The predicted molar refractivity (Wildman–Crippen MR) is 115 cm³/mol. The molecule has 7 heteroatoms. The molecular formula is C22H38N4O3. The number of aliphatic imine (C=N–C) groups is 1. The maximum absolute atomic E-state index is 10.8.